The number of urea groups is 1. The smallest absolute Gasteiger partial charge is 0.315 e. The maximum atomic E-state index is 11.9. The first kappa shape index (κ1) is 14.6. The number of nitrogens with one attached hydrogen (secondary N) is 2. The van der Waals surface area contributed by atoms with Crippen LogP contribution in [0.1, 0.15) is 37.1 Å². The van der Waals surface area contributed by atoms with Gasteiger partial charge in [0.15, 0.2) is 0 Å². The lowest BCUT2D eigenvalue weighted by Crippen LogP contribution is -2.40. The molecule has 1 aromatic carbocycles. The van der Waals surface area contributed by atoms with Crippen LogP contribution in [0.2, 0.25) is 0 Å². The molecule has 0 unspecified atom stereocenters. The van der Waals surface area contributed by atoms with E-state index in [2.05, 4.69) is 15.6 Å². The molecule has 1 aliphatic carbocycles. The molecule has 1 aromatic heterocycles. The molecule has 5 heteroatoms. The van der Waals surface area contributed by atoms with Crippen molar-refractivity contribution < 1.29 is 9.21 Å². The highest BCUT2D eigenvalue weighted by Crippen LogP contribution is 2.21. The number of hydrogen-bond acceptors (Lipinski definition) is 3. The molecule has 5 nitrogen and oxygen atoms in total. The average Bonchev–Trinajstić information content (AvgIpc) is 3.16. The molecule has 0 aliphatic heterocycles. The van der Waals surface area contributed by atoms with Gasteiger partial charge in [0.25, 0.3) is 0 Å². The lowest BCUT2D eigenvalue weighted by Gasteiger charge is -2.12. The van der Waals surface area contributed by atoms with Gasteiger partial charge in [-0.2, -0.15) is 0 Å². The summed E-state index contributed by atoms with van der Waals surface area (Å²) in [6, 6.07) is 9.94. The number of oxazole rings is 1. The SMILES string of the molecule is Cc1oc(-c2ccccc2)nc1CNC(=O)NC1CCCC1. The highest BCUT2D eigenvalue weighted by Gasteiger charge is 2.17. The van der Waals surface area contributed by atoms with Crippen LogP contribution in [0, 0.1) is 6.92 Å². The molecule has 22 heavy (non-hydrogen) atoms. The molecule has 0 spiro atoms. The van der Waals surface area contributed by atoms with E-state index in [1.807, 2.05) is 37.3 Å². The van der Waals surface area contributed by atoms with Gasteiger partial charge in [0, 0.05) is 11.6 Å². The zero-order valence-electron chi connectivity index (χ0n) is 12.8. The fourth-order valence-corrected chi connectivity index (χ4v) is 2.77. The molecular formula is C17H21N3O2. The van der Waals surface area contributed by atoms with Crippen molar-refractivity contribution in [2.24, 2.45) is 0 Å². The molecule has 2 aromatic rings. The van der Waals surface area contributed by atoms with Crippen molar-refractivity contribution in [2.75, 3.05) is 0 Å². The number of carbonyl (C=O) groups is 1. The van der Waals surface area contributed by atoms with Crippen molar-refractivity contribution in [1.29, 1.82) is 0 Å². The van der Waals surface area contributed by atoms with E-state index in [1.54, 1.807) is 0 Å². The summed E-state index contributed by atoms with van der Waals surface area (Å²) < 4.78 is 5.68. The number of aryl methyl sites for hydroxylation is 1. The second kappa shape index (κ2) is 6.64. The molecule has 0 saturated heterocycles. The standard InChI is InChI=1S/C17H21N3O2/c1-12-15(11-18-17(21)19-14-9-5-6-10-14)20-16(22-12)13-7-3-2-4-8-13/h2-4,7-8,14H,5-6,9-11H2,1H3,(H2,18,19,21). The Morgan fingerprint density at radius 2 is 2.00 bits per heavy atom. The molecule has 1 aliphatic rings. The summed E-state index contributed by atoms with van der Waals surface area (Å²) in [6.07, 6.45) is 4.56. The topological polar surface area (TPSA) is 67.2 Å². The third kappa shape index (κ3) is 3.47. The molecule has 0 atom stereocenters. The van der Waals surface area contributed by atoms with E-state index in [9.17, 15) is 4.79 Å². The van der Waals surface area contributed by atoms with Crippen LogP contribution in [-0.4, -0.2) is 17.1 Å². The van der Waals surface area contributed by atoms with Crippen molar-refractivity contribution in [1.82, 2.24) is 15.6 Å². The molecule has 1 heterocycles. The number of rotatable bonds is 4. The maximum absolute atomic E-state index is 11.9. The Morgan fingerprint density at radius 1 is 1.27 bits per heavy atom. The largest absolute Gasteiger partial charge is 0.441 e. The fourth-order valence-electron chi connectivity index (χ4n) is 2.77. The Balaban J connectivity index is 1.58. The van der Waals surface area contributed by atoms with E-state index in [4.69, 9.17) is 4.42 Å². The normalized spacial score (nSPS) is 15.0. The van der Waals surface area contributed by atoms with Crippen molar-refractivity contribution in [3.8, 4) is 11.5 Å². The van der Waals surface area contributed by atoms with Gasteiger partial charge in [-0.15, -0.1) is 0 Å². The zero-order chi connectivity index (χ0) is 15.4. The molecule has 1 saturated carbocycles. The first-order valence-electron chi connectivity index (χ1n) is 7.78. The van der Waals surface area contributed by atoms with E-state index in [-0.39, 0.29) is 6.03 Å². The summed E-state index contributed by atoms with van der Waals surface area (Å²) in [5.41, 5.74) is 1.70. The maximum Gasteiger partial charge on any atom is 0.315 e. The van der Waals surface area contributed by atoms with Gasteiger partial charge in [0.1, 0.15) is 11.5 Å². The minimum atomic E-state index is -0.129. The monoisotopic (exact) mass is 299 g/mol. The first-order chi connectivity index (χ1) is 10.7. The van der Waals surface area contributed by atoms with Crippen LogP contribution in [0.15, 0.2) is 34.7 Å². The predicted octanol–water partition coefficient (Wildman–Crippen LogP) is 3.39. The van der Waals surface area contributed by atoms with Gasteiger partial charge in [0.2, 0.25) is 5.89 Å². The average molecular weight is 299 g/mol. The minimum Gasteiger partial charge on any atom is -0.441 e. The van der Waals surface area contributed by atoms with Gasteiger partial charge in [-0.25, -0.2) is 9.78 Å². The Kier molecular flexibility index (Phi) is 4.42. The molecule has 116 valence electrons. The molecule has 0 bridgehead atoms. The molecular weight excluding hydrogens is 278 g/mol. The summed E-state index contributed by atoms with van der Waals surface area (Å²) >= 11 is 0. The fraction of sp³-hybridized carbons (Fsp3) is 0.412. The van der Waals surface area contributed by atoms with E-state index in [1.165, 1.54) is 12.8 Å². The van der Waals surface area contributed by atoms with Crippen LogP contribution in [0.3, 0.4) is 0 Å². The van der Waals surface area contributed by atoms with Crippen molar-refractivity contribution in [3.63, 3.8) is 0 Å². The van der Waals surface area contributed by atoms with E-state index in [0.717, 1.165) is 29.9 Å². The summed E-state index contributed by atoms with van der Waals surface area (Å²) in [5.74, 6) is 1.33. The van der Waals surface area contributed by atoms with Gasteiger partial charge in [-0.3, -0.25) is 0 Å². The Labute approximate surface area is 130 Å². The third-order valence-electron chi connectivity index (χ3n) is 4.02. The van der Waals surface area contributed by atoms with Gasteiger partial charge >= 0.3 is 6.03 Å². The summed E-state index contributed by atoms with van der Waals surface area (Å²) in [6.45, 7) is 2.24. The van der Waals surface area contributed by atoms with Crippen LogP contribution in [0.25, 0.3) is 11.5 Å². The van der Waals surface area contributed by atoms with Crippen LogP contribution >= 0.6 is 0 Å². The second-order valence-electron chi connectivity index (χ2n) is 5.70. The van der Waals surface area contributed by atoms with Crippen LogP contribution in [0.4, 0.5) is 4.79 Å². The van der Waals surface area contributed by atoms with Crippen molar-refractivity contribution >= 4 is 6.03 Å². The Morgan fingerprint density at radius 3 is 2.73 bits per heavy atom. The minimum absolute atomic E-state index is 0.129. The number of benzene rings is 1. The number of hydrogen-bond donors (Lipinski definition) is 2. The number of nitrogens with zero attached hydrogens (tertiary/aromatic N) is 1. The lowest BCUT2D eigenvalue weighted by molar-refractivity contribution is 0.236. The van der Waals surface area contributed by atoms with Crippen LogP contribution in [0.5, 0.6) is 0 Å². The summed E-state index contributed by atoms with van der Waals surface area (Å²) in [4.78, 5) is 16.4. The predicted molar refractivity (Wildman–Crippen MR) is 84.3 cm³/mol. The first-order valence-corrected chi connectivity index (χ1v) is 7.78. The van der Waals surface area contributed by atoms with Gasteiger partial charge in [0.05, 0.1) is 6.54 Å². The number of aromatic nitrogens is 1. The number of amides is 2. The zero-order valence-corrected chi connectivity index (χ0v) is 12.8. The highest BCUT2D eigenvalue weighted by molar-refractivity contribution is 5.74. The molecule has 1 fully saturated rings. The van der Waals surface area contributed by atoms with Crippen LogP contribution in [-0.2, 0) is 6.54 Å². The molecule has 3 rings (SSSR count). The van der Waals surface area contributed by atoms with E-state index in [0.29, 0.717) is 18.5 Å². The van der Waals surface area contributed by atoms with Crippen molar-refractivity contribution in [2.45, 2.75) is 45.2 Å². The van der Waals surface area contributed by atoms with E-state index < -0.39 is 0 Å². The van der Waals surface area contributed by atoms with Gasteiger partial charge < -0.3 is 15.1 Å². The molecule has 0 radical (unpaired) electrons. The van der Waals surface area contributed by atoms with E-state index >= 15 is 0 Å². The molecule has 2 N–H and O–H groups in total. The Hall–Kier alpha value is -2.30. The quantitative estimate of drug-likeness (QED) is 0.909. The second-order valence-corrected chi connectivity index (χ2v) is 5.70. The van der Waals surface area contributed by atoms with Crippen molar-refractivity contribution in [3.05, 3.63) is 41.8 Å². The lowest BCUT2D eigenvalue weighted by atomic mass is 10.2. The highest BCUT2D eigenvalue weighted by atomic mass is 16.4. The molecule has 2 amide bonds. The van der Waals surface area contributed by atoms with Gasteiger partial charge in [-0.05, 0) is 31.9 Å². The summed E-state index contributed by atoms with van der Waals surface area (Å²) in [5, 5.41) is 5.86. The Bertz CT molecular complexity index is 631. The van der Waals surface area contributed by atoms with Crippen LogP contribution < -0.4 is 10.6 Å². The third-order valence-corrected chi connectivity index (χ3v) is 4.02. The number of carbonyl (C=O) groups excluding carboxylic acids is 1. The summed E-state index contributed by atoms with van der Waals surface area (Å²) in [7, 11) is 0. The van der Waals surface area contributed by atoms with Gasteiger partial charge in [-0.1, -0.05) is 31.0 Å².